The van der Waals surface area contributed by atoms with Gasteiger partial charge in [-0.1, -0.05) is 40.7 Å². The van der Waals surface area contributed by atoms with Crippen molar-refractivity contribution in [3.63, 3.8) is 0 Å². The molecule has 0 rings (SSSR count). The highest BCUT2D eigenvalue weighted by Gasteiger charge is 2.30. The van der Waals surface area contributed by atoms with Gasteiger partial charge in [0.25, 0.3) is 0 Å². The third kappa shape index (κ3) is 2.17. The van der Waals surface area contributed by atoms with Gasteiger partial charge in [0, 0.05) is 0 Å². The Morgan fingerprint density at radius 3 is 1.60 bits per heavy atom. The Bertz CT molecular complexity index is 112. The van der Waals surface area contributed by atoms with Gasteiger partial charge in [0.1, 0.15) is 0 Å². The van der Waals surface area contributed by atoms with E-state index < -0.39 is 0 Å². The average molecular weight is 140 g/mol. The summed E-state index contributed by atoms with van der Waals surface area (Å²) in [5.74, 6) is 0. The predicted molar refractivity (Wildman–Crippen MR) is 48.1 cm³/mol. The van der Waals surface area contributed by atoms with Crippen LogP contribution in [0.2, 0.25) is 0 Å². The molecular formula is C10H20. The molecule has 0 bridgehead atoms. The molecule has 60 valence electrons. The fourth-order valence-electron chi connectivity index (χ4n) is 0.667. The van der Waals surface area contributed by atoms with Crippen LogP contribution in [0.3, 0.4) is 0 Å². The quantitative estimate of drug-likeness (QED) is 0.514. The Hall–Kier alpha value is -0.260. The molecule has 0 unspecified atom stereocenters. The summed E-state index contributed by atoms with van der Waals surface area (Å²) in [7, 11) is 0. The maximum atomic E-state index is 3.76. The van der Waals surface area contributed by atoms with Crippen molar-refractivity contribution in [3.8, 4) is 0 Å². The minimum atomic E-state index is 0.370. The van der Waals surface area contributed by atoms with Crippen molar-refractivity contribution in [2.24, 2.45) is 10.8 Å². The van der Waals surface area contributed by atoms with Gasteiger partial charge in [-0.05, 0) is 17.3 Å². The Kier molecular flexibility index (Phi) is 2.70. The van der Waals surface area contributed by atoms with Crippen molar-refractivity contribution in [2.75, 3.05) is 0 Å². The lowest BCUT2D eigenvalue weighted by atomic mass is 9.67. The first kappa shape index (κ1) is 9.74. The molecule has 0 radical (unpaired) electrons. The van der Waals surface area contributed by atoms with Crippen molar-refractivity contribution < 1.29 is 0 Å². The first-order valence-electron chi connectivity index (χ1n) is 3.92. The molecule has 0 amide bonds. The van der Waals surface area contributed by atoms with Gasteiger partial charge in [-0.15, -0.1) is 6.58 Å². The third-order valence-electron chi connectivity index (χ3n) is 2.68. The maximum absolute atomic E-state index is 3.76. The minimum Gasteiger partial charge on any atom is -0.103 e. The molecule has 0 spiro atoms. The van der Waals surface area contributed by atoms with Crippen molar-refractivity contribution in [1.82, 2.24) is 0 Å². The summed E-state index contributed by atoms with van der Waals surface area (Å²) in [6.45, 7) is 15.2. The molecule has 0 aromatic heterocycles. The molecule has 0 nitrogen and oxygen atoms in total. The average Bonchev–Trinajstić information content (AvgIpc) is 1.61. The molecule has 0 atom stereocenters. The van der Waals surface area contributed by atoms with Crippen LogP contribution in [-0.2, 0) is 0 Å². The Labute approximate surface area is 65.3 Å². The fourth-order valence-corrected chi connectivity index (χ4v) is 0.667. The Balaban J connectivity index is 4.23. The van der Waals surface area contributed by atoms with Crippen molar-refractivity contribution in [3.05, 3.63) is 12.7 Å². The van der Waals surface area contributed by atoms with E-state index in [4.69, 9.17) is 0 Å². The van der Waals surface area contributed by atoms with E-state index in [2.05, 4.69) is 41.2 Å². The van der Waals surface area contributed by atoms with E-state index in [0.29, 0.717) is 10.8 Å². The fraction of sp³-hybridized carbons (Fsp3) is 0.800. The van der Waals surface area contributed by atoms with Crippen LogP contribution >= 0.6 is 0 Å². The van der Waals surface area contributed by atoms with Gasteiger partial charge in [0.2, 0.25) is 0 Å². The van der Waals surface area contributed by atoms with Crippen molar-refractivity contribution in [2.45, 2.75) is 41.0 Å². The number of hydrogen-bond acceptors (Lipinski definition) is 0. The summed E-state index contributed by atoms with van der Waals surface area (Å²) in [4.78, 5) is 0. The molecule has 0 saturated heterocycles. The minimum absolute atomic E-state index is 0.370. The molecule has 0 aromatic rings. The van der Waals surface area contributed by atoms with Gasteiger partial charge in [-0.25, -0.2) is 0 Å². The van der Waals surface area contributed by atoms with Gasteiger partial charge in [-0.2, -0.15) is 0 Å². The Morgan fingerprint density at radius 1 is 1.10 bits per heavy atom. The molecule has 0 aliphatic carbocycles. The Morgan fingerprint density at radius 2 is 1.50 bits per heavy atom. The monoisotopic (exact) mass is 140 g/mol. The maximum Gasteiger partial charge on any atom is -0.0271 e. The van der Waals surface area contributed by atoms with Crippen LogP contribution in [0.25, 0.3) is 0 Å². The van der Waals surface area contributed by atoms with Crippen LogP contribution in [0.15, 0.2) is 12.7 Å². The lowest BCUT2D eigenvalue weighted by molar-refractivity contribution is 0.136. The largest absolute Gasteiger partial charge is 0.103 e. The van der Waals surface area contributed by atoms with Crippen LogP contribution in [0.1, 0.15) is 41.0 Å². The van der Waals surface area contributed by atoms with Crippen LogP contribution in [0.4, 0.5) is 0 Å². The molecule has 0 aliphatic heterocycles. The molecule has 0 N–H and O–H groups in total. The van der Waals surface area contributed by atoms with E-state index in [1.54, 1.807) is 0 Å². The van der Waals surface area contributed by atoms with E-state index >= 15 is 0 Å². The van der Waals surface area contributed by atoms with Crippen LogP contribution < -0.4 is 0 Å². The highest BCUT2D eigenvalue weighted by molar-refractivity contribution is 4.88. The molecule has 10 heavy (non-hydrogen) atoms. The lowest BCUT2D eigenvalue weighted by Gasteiger charge is -2.38. The van der Waals surface area contributed by atoms with Crippen molar-refractivity contribution in [1.29, 1.82) is 0 Å². The van der Waals surface area contributed by atoms with E-state index in [-0.39, 0.29) is 0 Å². The van der Waals surface area contributed by atoms with E-state index in [0.717, 1.165) is 6.42 Å². The molecule has 0 fully saturated rings. The van der Waals surface area contributed by atoms with Gasteiger partial charge in [-0.3, -0.25) is 0 Å². The number of hydrogen-bond donors (Lipinski definition) is 0. The molecular weight excluding hydrogens is 120 g/mol. The summed E-state index contributed by atoms with van der Waals surface area (Å²) < 4.78 is 0. The lowest BCUT2D eigenvalue weighted by Crippen LogP contribution is -2.28. The van der Waals surface area contributed by atoms with Gasteiger partial charge >= 0.3 is 0 Å². The summed E-state index contributed by atoms with van der Waals surface area (Å²) in [6.07, 6.45) is 3.10. The second kappa shape index (κ2) is 2.77. The van der Waals surface area contributed by atoms with Crippen LogP contribution in [0, 0.1) is 10.8 Å². The SMILES string of the molecule is C=CCC(C)(C)C(C)(C)C. The number of allylic oxidation sites excluding steroid dienone is 1. The molecule has 0 saturated carbocycles. The molecule has 0 aliphatic rings. The van der Waals surface area contributed by atoms with Gasteiger partial charge in [0.05, 0.1) is 0 Å². The second-order valence-corrected chi connectivity index (χ2v) is 4.63. The standard InChI is InChI=1S/C10H20/c1-7-8-10(5,6)9(2,3)4/h7H,1,8H2,2-6H3. The summed E-state index contributed by atoms with van der Waals surface area (Å²) >= 11 is 0. The zero-order valence-corrected chi connectivity index (χ0v) is 7.99. The zero-order chi connectivity index (χ0) is 8.41. The third-order valence-corrected chi connectivity index (χ3v) is 2.68. The summed E-state index contributed by atoms with van der Waals surface area (Å²) in [5, 5.41) is 0. The topological polar surface area (TPSA) is 0 Å². The zero-order valence-electron chi connectivity index (χ0n) is 7.99. The molecule has 0 aromatic carbocycles. The van der Waals surface area contributed by atoms with Crippen LogP contribution in [0.5, 0.6) is 0 Å². The predicted octanol–water partition coefficient (Wildman–Crippen LogP) is 3.63. The molecule has 0 heterocycles. The van der Waals surface area contributed by atoms with Gasteiger partial charge in [0.15, 0.2) is 0 Å². The van der Waals surface area contributed by atoms with E-state index in [9.17, 15) is 0 Å². The smallest absolute Gasteiger partial charge is 0.0271 e. The highest BCUT2D eigenvalue weighted by Crippen LogP contribution is 2.40. The van der Waals surface area contributed by atoms with Crippen molar-refractivity contribution >= 4 is 0 Å². The van der Waals surface area contributed by atoms with E-state index in [1.165, 1.54) is 0 Å². The van der Waals surface area contributed by atoms with Gasteiger partial charge < -0.3 is 0 Å². The van der Waals surface area contributed by atoms with E-state index in [1.807, 2.05) is 6.08 Å². The summed E-state index contributed by atoms with van der Waals surface area (Å²) in [5.41, 5.74) is 0.746. The first-order chi connectivity index (χ1) is 4.31. The second-order valence-electron chi connectivity index (χ2n) is 4.63. The first-order valence-corrected chi connectivity index (χ1v) is 3.92. The number of rotatable bonds is 2. The molecule has 0 heteroatoms. The van der Waals surface area contributed by atoms with Crippen LogP contribution in [-0.4, -0.2) is 0 Å². The summed E-state index contributed by atoms with van der Waals surface area (Å²) in [6, 6.07) is 0. The normalized spacial score (nSPS) is 13.3. The highest BCUT2D eigenvalue weighted by atomic mass is 14.4.